The number of hydrogen-bond acceptors (Lipinski definition) is 1. The van der Waals surface area contributed by atoms with Gasteiger partial charge in [-0.05, 0) is 46.7 Å². The molecule has 0 heterocycles. The van der Waals surface area contributed by atoms with Crippen molar-refractivity contribution in [3.63, 3.8) is 0 Å². The molecule has 1 rings (SSSR count). The minimum atomic E-state index is 0.0834. The lowest BCUT2D eigenvalue weighted by Crippen LogP contribution is -2.02. The molecular weight excluding hydrogens is 341 g/mol. The van der Waals surface area contributed by atoms with E-state index in [2.05, 4.69) is 68.9 Å². The molecule has 13 heavy (non-hydrogen) atoms. The zero-order valence-corrected chi connectivity index (χ0v) is 10.7. The highest BCUT2D eigenvalue weighted by Gasteiger charge is 2.05. The molecule has 0 radical (unpaired) electrons. The Kier molecular flexibility index (Phi) is 4.74. The van der Waals surface area contributed by atoms with E-state index in [4.69, 9.17) is 5.26 Å². The molecule has 1 aromatic carbocycles. The SMILES string of the molecule is N#CC(CBr)Cc1ccc(I)cc1. The molecule has 0 aliphatic rings. The van der Waals surface area contributed by atoms with Gasteiger partial charge in [0.25, 0.3) is 0 Å². The molecule has 0 amide bonds. The Morgan fingerprint density at radius 1 is 1.38 bits per heavy atom. The summed E-state index contributed by atoms with van der Waals surface area (Å²) in [6.07, 6.45) is 0.832. The molecule has 0 saturated carbocycles. The third-order valence-corrected chi connectivity index (χ3v) is 3.26. The van der Waals surface area contributed by atoms with Crippen LogP contribution in [0.3, 0.4) is 0 Å². The first-order chi connectivity index (χ1) is 6.26. The van der Waals surface area contributed by atoms with Gasteiger partial charge in [0.2, 0.25) is 0 Å². The van der Waals surface area contributed by atoms with E-state index in [1.165, 1.54) is 9.13 Å². The molecular formula is C10H9BrIN. The molecule has 0 spiro atoms. The van der Waals surface area contributed by atoms with Gasteiger partial charge >= 0.3 is 0 Å². The van der Waals surface area contributed by atoms with Crippen molar-refractivity contribution in [3.8, 4) is 6.07 Å². The first kappa shape index (κ1) is 11.0. The van der Waals surface area contributed by atoms with Gasteiger partial charge in [-0.25, -0.2) is 0 Å². The van der Waals surface area contributed by atoms with Crippen LogP contribution in [0.4, 0.5) is 0 Å². The monoisotopic (exact) mass is 349 g/mol. The number of nitriles is 1. The van der Waals surface area contributed by atoms with Crippen LogP contribution in [-0.2, 0) is 6.42 Å². The summed E-state index contributed by atoms with van der Waals surface area (Å²) < 4.78 is 1.23. The normalized spacial score (nSPS) is 12.1. The van der Waals surface area contributed by atoms with Crippen molar-refractivity contribution in [2.45, 2.75) is 6.42 Å². The van der Waals surface area contributed by atoms with Crippen LogP contribution in [0.1, 0.15) is 5.56 Å². The van der Waals surface area contributed by atoms with Crippen LogP contribution in [0.25, 0.3) is 0 Å². The summed E-state index contributed by atoms with van der Waals surface area (Å²) in [6.45, 7) is 0. The Morgan fingerprint density at radius 2 is 2.00 bits per heavy atom. The van der Waals surface area contributed by atoms with Crippen LogP contribution in [0, 0.1) is 20.8 Å². The van der Waals surface area contributed by atoms with Crippen molar-refractivity contribution in [3.05, 3.63) is 33.4 Å². The summed E-state index contributed by atoms with van der Waals surface area (Å²) in [5.41, 5.74) is 1.23. The van der Waals surface area contributed by atoms with Gasteiger partial charge in [-0.1, -0.05) is 28.1 Å². The molecule has 1 nitrogen and oxygen atoms in total. The molecule has 1 unspecified atom stereocenters. The molecule has 0 aliphatic carbocycles. The fraction of sp³-hybridized carbons (Fsp3) is 0.300. The van der Waals surface area contributed by atoms with Crippen molar-refractivity contribution >= 4 is 38.5 Å². The van der Waals surface area contributed by atoms with Gasteiger partial charge in [0, 0.05) is 8.90 Å². The predicted molar refractivity (Wildman–Crippen MR) is 65.8 cm³/mol. The number of rotatable bonds is 3. The van der Waals surface area contributed by atoms with Crippen LogP contribution in [0.2, 0.25) is 0 Å². The van der Waals surface area contributed by atoms with Gasteiger partial charge in [0.1, 0.15) is 0 Å². The zero-order chi connectivity index (χ0) is 9.68. The Morgan fingerprint density at radius 3 is 2.46 bits per heavy atom. The molecule has 0 bridgehead atoms. The summed E-state index contributed by atoms with van der Waals surface area (Å²) in [5.74, 6) is 0.0834. The number of hydrogen-bond donors (Lipinski definition) is 0. The van der Waals surface area contributed by atoms with Crippen LogP contribution < -0.4 is 0 Å². The quantitative estimate of drug-likeness (QED) is 0.606. The number of halogens is 2. The number of alkyl halides is 1. The molecule has 1 atom stereocenters. The van der Waals surface area contributed by atoms with E-state index in [1.54, 1.807) is 0 Å². The third-order valence-electron chi connectivity index (χ3n) is 1.76. The predicted octanol–water partition coefficient (Wildman–Crippen LogP) is 3.37. The summed E-state index contributed by atoms with van der Waals surface area (Å²) >= 11 is 5.60. The number of benzene rings is 1. The Bertz CT molecular complexity index is 302. The van der Waals surface area contributed by atoms with Crippen LogP contribution >= 0.6 is 38.5 Å². The molecule has 3 heteroatoms. The lowest BCUT2D eigenvalue weighted by atomic mass is 10.0. The molecule has 0 fully saturated rings. The first-order valence-electron chi connectivity index (χ1n) is 3.96. The van der Waals surface area contributed by atoms with Gasteiger partial charge in [-0.3, -0.25) is 0 Å². The van der Waals surface area contributed by atoms with E-state index in [1.807, 2.05) is 0 Å². The molecule has 0 aliphatic heterocycles. The maximum absolute atomic E-state index is 8.76. The molecule has 0 aromatic heterocycles. The zero-order valence-electron chi connectivity index (χ0n) is 7.00. The maximum atomic E-state index is 8.76. The number of nitrogens with zero attached hydrogens (tertiary/aromatic N) is 1. The van der Waals surface area contributed by atoms with Crippen molar-refractivity contribution < 1.29 is 0 Å². The van der Waals surface area contributed by atoms with Crippen molar-refractivity contribution in [1.82, 2.24) is 0 Å². The van der Waals surface area contributed by atoms with E-state index in [0.29, 0.717) is 0 Å². The molecule has 0 saturated heterocycles. The van der Waals surface area contributed by atoms with Crippen LogP contribution in [0.15, 0.2) is 24.3 Å². The Hall–Kier alpha value is -0.0800. The van der Waals surface area contributed by atoms with Gasteiger partial charge in [-0.2, -0.15) is 5.26 Å². The molecule has 68 valence electrons. The average Bonchev–Trinajstić information content (AvgIpc) is 2.17. The molecule has 1 aromatic rings. The highest BCUT2D eigenvalue weighted by atomic mass is 127. The largest absolute Gasteiger partial charge is 0.198 e. The second-order valence-corrected chi connectivity index (χ2v) is 4.70. The van der Waals surface area contributed by atoms with Gasteiger partial charge < -0.3 is 0 Å². The highest BCUT2D eigenvalue weighted by molar-refractivity contribution is 14.1. The van der Waals surface area contributed by atoms with E-state index >= 15 is 0 Å². The van der Waals surface area contributed by atoms with E-state index in [0.717, 1.165) is 11.8 Å². The lowest BCUT2D eigenvalue weighted by molar-refractivity contribution is 0.756. The van der Waals surface area contributed by atoms with E-state index in [9.17, 15) is 0 Å². The van der Waals surface area contributed by atoms with Crippen molar-refractivity contribution in [2.75, 3.05) is 5.33 Å². The Labute approximate surface area is 100 Å². The standard InChI is InChI=1S/C10H9BrIN/c11-6-9(7-13)5-8-1-3-10(12)4-2-8/h1-4,9H,5-6H2. The Balaban J connectivity index is 2.64. The molecule has 0 N–H and O–H groups in total. The van der Waals surface area contributed by atoms with Crippen molar-refractivity contribution in [2.24, 2.45) is 5.92 Å². The maximum Gasteiger partial charge on any atom is 0.0668 e. The van der Waals surface area contributed by atoms with Gasteiger partial charge in [0.05, 0.1) is 12.0 Å². The average molecular weight is 350 g/mol. The van der Waals surface area contributed by atoms with E-state index < -0.39 is 0 Å². The first-order valence-corrected chi connectivity index (χ1v) is 6.16. The second-order valence-electron chi connectivity index (χ2n) is 2.81. The topological polar surface area (TPSA) is 23.8 Å². The summed E-state index contributed by atoms with van der Waals surface area (Å²) in [4.78, 5) is 0. The smallest absolute Gasteiger partial charge is 0.0668 e. The summed E-state index contributed by atoms with van der Waals surface area (Å²) in [6, 6.07) is 10.6. The second kappa shape index (κ2) is 5.61. The van der Waals surface area contributed by atoms with E-state index in [-0.39, 0.29) is 5.92 Å². The fourth-order valence-electron chi connectivity index (χ4n) is 1.04. The minimum Gasteiger partial charge on any atom is -0.198 e. The summed E-state index contributed by atoms with van der Waals surface area (Å²) in [7, 11) is 0. The highest BCUT2D eigenvalue weighted by Crippen LogP contribution is 2.12. The minimum absolute atomic E-state index is 0.0834. The summed E-state index contributed by atoms with van der Waals surface area (Å²) in [5, 5.41) is 9.51. The third kappa shape index (κ3) is 3.65. The fourth-order valence-corrected chi connectivity index (χ4v) is 1.77. The van der Waals surface area contributed by atoms with Crippen LogP contribution in [-0.4, -0.2) is 5.33 Å². The van der Waals surface area contributed by atoms with Gasteiger partial charge in [0.15, 0.2) is 0 Å². The lowest BCUT2D eigenvalue weighted by Gasteiger charge is -2.04. The van der Waals surface area contributed by atoms with Crippen molar-refractivity contribution in [1.29, 1.82) is 5.26 Å². The van der Waals surface area contributed by atoms with Gasteiger partial charge in [-0.15, -0.1) is 0 Å². The van der Waals surface area contributed by atoms with Crippen LogP contribution in [0.5, 0.6) is 0 Å².